The van der Waals surface area contributed by atoms with Gasteiger partial charge in [-0.1, -0.05) is 30.3 Å². The fourth-order valence-corrected chi connectivity index (χ4v) is 3.58. The van der Waals surface area contributed by atoms with E-state index in [0.29, 0.717) is 34.1 Å². The second kappa shape index (κ2) is 8.97. The van der Waals surface area contributed by atoms with E-state index >= 15 is 0 Å². The van der Waals surface area contributed by atoms with E-state index in [1.807, 2.05) is 66.1 Å². The van der Waals surface area contributed by atoms with E-state index in [2.05, 4.69) is 15.5 Å². The van der Waals surface area contributed by atoms with Crippen LogP contribution in [0.25, 0.3) is 16.9 Å². The molecular weight excluding hydrogens is 412 g/mol. The molecule has 0 radical (unpaired) electrons. The van der Waals surface area contributed by atoms with Gasteiger partial charge in [0.2, 0.25) is 0 Å². The lowest BCUT2D eigenvalue weighted by Gasteiger charge is -2.07. The maximum Gasteiger partial charge on any atom is 0.255 e. The number of amides is 1. The van der Waals surface area contributed by atoms with Crippen LogP contribution in [-0.2, 0) is 13.1 Å². The van der Waals surface area contributed by atoms with Crippen LogP contribution in [-0.4, -0.2) is 37.6 Å². The fraction of sp³-hybridized carbons (Fsp3) is 0.182. The van der Waals surface area contributed by atoms with Gasteiger partial charge in [-0.25, -0.2) is 4.68 Å². The van der Waals surface area contributed by atoms with Crippen LogP contribution in [0.2, 0.25) is 0 Å². The molecule has 0 aliphatic heterocycles. The van der Waals surface area contributed by atoms with Crippen molar-refractivity contribution in [1.82, 2.24) is 29.9 Å². The van der Waals surface area contributed by atoms with Crippen LogP contribution in [0, 0.1) is 4.77 Å². The molecule has 9 heteroatoms. The smallest absolute Gasteiger partial charge is 0.255 e. The van der Waals surface area contributed by atoms with Crippen molar-refractivity contribution < 1.29 is 9.53 Å². The largest absolute Gasteiger partial charge is 0.497 e. The second-order valence-electron chi connectivity index (χ2n) is 6.78. The topological polar surface area (TPSA) is 89.8 Å². The number of aromatic nitrogens is 5. The predicted octanol–water partition coefficient (Wildman–Crippen LogP) is 3.75. The molecular formula is C22H22N6O2S. The number of hydrogen-bond donors (Lipinski definition) is 2. The Balaban J connectivity index is 1.69. The van der Waals surface area contributed by atoms with Crippen molar-refractivity contribution in [2.24, 2.45) is 0 Å². The van der Waals surface area contributed by atoms with Crippen LogP contribution in [0.1, 0.15) is 23.1 Å². The zero-order chi connectivity index (χ0) is 21.8. The van der Waals surface area contributed by atoms with Crippen molar-refractivity contribution >= 4 is 18.1 Å². The fourth-order valence-electron chi connectivity index (χ4n) is 3.30. The van der Waals surface area contributed by atoms with Crippen LogP contribution in [0.5, 0.6) is 5.75 Å². The average molecular weight is 435 g/mol. The number of H-pyrrole nitrogens is 1. The Kier molecular flexibility index (Phi) is 5.94. The highest BCUT2D eigenvalue weighted by atomic mass is 32.1. The van der Waals surface area contributed by atoms with Gasteiger partial charge in [0, 0.05) is 18.3 Å². The van der Waals surface area contributed by atoms with Gasteiger partial charge in [0.1, 0.15) is 11.4 Å². The lowest BCUT2D eigenvalue weighted by molar-refractivity contribution is 0.0950. The molecule has 0 spiro atoms. The molecule has 0 unspecified atom stereocenters. The monoisotopic (exact) mass is 434 g/mol. The SMILES string of the molecule is CCn1c(CNC(=O)c2cn(-c3ccccc3)nc2-c2cccc(OC)c2)n[nH]c1=S. The van der Waals surface area contributed by atoms with Gasteiger partial charge in [0.25, 0.3) is 5.91 Å². The molecule has 31 heavy (non-hydrogen) atoms. The lowest BCUT2D eigenvalue weighted by Crippen LogP contribution is -2.25. The summed E-state index contributed by atoms with van der Waals surface area (Å²) in [4.78, 5) is 13.1. The van der Waals surface area contributed by atoms with Crippen LogP contribution in [0.3, 0.4) is 0 Å². The summed E-state index contributed by atoms with van der Waals surface area (Å²) in [6, 6.07) is 17.1. The minimum atomic E-state index is -0.253. The molecule has 0 bridgehead atoms. The molecule has 0 atom stereocenters. The van der Waals surface area contributed by atoms with Crippen molar-refractivity contribution in [1.29, 1.82) is 0 Å². The highest BCUT2D eigenvalue weighted by Crippen LogP contribution is 2.27. The van der Waals surface area contributed by atoms with E-state index < -0.39 is 0 Å². The summed E-state index contributed by atoms with van der Waals surface area (Å²) in [5, 5.41) is 14.6. The molecule has 2 N–H and O–H groups in total. The molecule has 0 saturated heterocycles. The summed E-state index contributed by atoms with van der Waals surface area (Å²) in [7, 11) is 1.61. The Morgan fingerprint density at radius 3 is 2.74 bits per heavy atom. The molecule has 158 valence electrons. The van der Waals surface area contributed by atoms with Gasteiger partial charge in [-0.3, -0.25) is 9.89 Å². The van der Waals surface area contributed by atoms with Gasteiger partial charge < -0.3 is 14.6 Å². The number of methoxy groups -OCH3 is 1. The van der Waals surface area contributed by atoms with Gasteiger partial charge in [0.05, 0.1) is 24.9 Å². The number of ether oxygens (including phenoxy) is 1. The van der Waals surface area contributed by atoms with E-state index in [1.165, 1.54) is 0 Å². The summed E-state index contributed by atoms with van der Waals surface area (Å²) in [6.07, 6.45) is 1.73. The first kappa shape index (κ1) is 20.5. The van der Waals surface area contributed by atoms with E-state index in [-0.39, 0.29) is 12.5 Å². The molecule has 0 aliphatic rings. The van der Waals surface area contributed by atoms with Gasteiger partial charge in [-0.05, 0) is 43.4 Å². The van der Waals surface area contributed by atoms with Gasteiger partial charge in [-0.15, -0.1) is 0 Å². The number of para-hydroxylation sites is 1. The number of hydrogen-bond acceptors (Lipinski definition) is 5. The summed E-state index contributed by atoms with van der Waals surface area (Å²) in [5.74, 6) is 1.10. The molecule has 2 aromatic heterocycles. The van der Waals surface area contributed by atoms with Crippen molar-refractivity contribution in [3.63, 3.8) is 0 Å². The molecule has 2 heterocycles. The molecule has 2 aromatic carbocycles. The molecule has 1 amide bonds. The molecule has 4 aromatic rings. The first-order valence-corrected chi connectivity index (χ1v) is 10.2. The van der Waals surface area contributed by atoms with E-state index in [4.69, 9.17) is 22.1 Å². The molecule has 4 rings (SSSR count). The lowest BCUT2D eigenvalue weighted by atomic mass is 10.1. The number of carbonyl (C=O) groups is 1. The number of rotatable bonds is 7. The summed E-state index contributed by atoms with van der Waals surface area (Å²) in [6.45, 7) is 2.89. The van der Waals surface area contributed by atoms with Crippen molar-refractivity contribution in [2.45, 2.75) is 20.0 Å². The minimum absolute atomic E-state index is 0.244. The maximum absolute atomic E-state index is 13.1. The third-order valence-electron chi connectivity index (χ3n) is 4.88. The number of benzene rings is 2. The van der Waals surface area contributed by atoms with Crippen molar-refractivity contribution in [3.05, 3.63) is 77.0 Å². The second-order valence-corrected chi connectivity index (χ2v) is 7.16. The Morgan fingerprint density at radius 1 is 1.19 bits per heavy atom. The van der Waals surface area contributed by atoms with E-state index in [1.54, 1.807) is 18.0 Å². The summed E-state index contributed by atoms with van der Waals surface area (Å²) in [5.41, 5.74) is 2.66. The van der Waals surface area contributed by atoms with Crippen molar-refractivity contribution in [3.8, 4) is 22.7 Å². The van der Waals surface area contributed by atoms with Crippen LogP contribution >= 0.6 is 12.2 Å². The Hall–Kier alpha value is -3.72. The highest BCUT2D eigenvalue weighted by Gasteiger charge is 2.19. The van der Waals surface area contributed by atoms with Gasteiger partial charge >= 0.3 is 0 Å². The first-order valence-electron chi connectivity index (χ1n) is 9.82. The van der Waals surface area contributed by atoms with Crippen LogP contribution in [0.15, 0.2) is 60.8 Å². The maximum atomic E-state index is 13.1. The van der Waals surface area contributed by atoms with Crippen LogP contribution < -0.4 is 10.1 Å². The zero-order valence-corrected chi connectivity index (χ0v) is 18.0. The van der Waals surface area contributed by atoms with E-state index in [9.17, 15) is 4.79 Å². The minimum Gasteiger partial charge on any atom is -0.497 e. The molecule has 8 nitrogen and oxygen atoms in total. The third-order valence-corrected chi connectivity index (χ3v) is 5.20. The Morgan fingerprint density at radius 2 is 2.00 bits per heavy atom. The first-order chi connectivity index (χ1) is 15.1. The number of aromatic amines is 1. The molecule has 0 saturated carbocycles. The van der Waals surface area contributed by atoms with Gasteiger partial charge in [0.15, 0.2) is 10.6 Å². The number of carbonyl (C=O) groups excluding carboxylic acids is 1. The molecule has 0 fully saturated rings. The van der Waals surface area contributed by atoms with E-state index in [0.717, 1.165) is 11.3 Å². The molecule has 0 aliphatic carbocycles. The third kappa shape index (κ3) is 4.26. The van der Waals surface area contributed by atoms with Crippen LogP contribution in [0.4, 0.5) is 0 Å². The normalized spacial score (nSPS) is 10.8. The highest BCUT2D eigenvalue weighted by molar-refractivity contribution is 7.71. The summed E-state index contributed by atoms with van der Waals surface area (Å²) >= 11 is 5.22. The predicted molar refractivity (Wildman–Crippen MR) is 120 cm³/mol. The number of nitrogens with zero attached hydrogens (tertiary/aromatic N) is 4. The zero-order valence-electron chi connectivity index (χ0n) is 17.2. The van der Waals surface area contributed by atoms with Gasteiger partial charge in [-0.2, -0.15) is 10.2 Å². The Bertz CT molecular complexity index is 1260. The average Bonchev–Trinajstić information content (AvgIpc) is 3.42. The number of nitrogens with one attached hydrogen (secondary N) is 2. The van der Waals surface area contributed by atoms with Crippen molar-refractivity contribution in [2.75, 3.05) is 7.11 Å². The Labute approximate surface area is 184 Å². The standard InChI is InChI=1S/C22H22N6O2S/c1-3-27-19(24-25-22(27)31)13-23-21(29)18-14-28(16-9-5-4-6-10-16)26-20(18)15-8-7-11-17(12-15)30-2/h4-12,14H,3,13H2,1-2H3,(H,23,29)(H,25,31). The quantitative estimate of drug-likeness (QED) is 0.433. The summed E-state index contributed by atoms with van der Waals surface area (Å²) < 4.78 is 9.41.